The van der Waals surface area contributed by atoms with Crippen molar-refractivity contribution >= 4 is 75.1 Å². The molecule has 2 amide bonds. The van der Waals surface area contributed by atoms with Crippen molar-refractivity contribution in [2.24, 2.45) is 10.6 Å². The Hall–Kier alpha value is -3.80. The molecule has 4 heterocycles. The van der Waals surface area contributed by atoms with E-state index < -0.39 is 53.4 Å². The highest BCUT2D eigenvalue weighted by atomic mass is 32.2. The Labute approximate surface area is 266 Å². The van der Waals surface area contributed by atoms with Crippen molar-refractivity contribution in [1.29, 1.82) is 0 Å². The van der Waals surface area contributed by atoms with E-state index in [2.05, 4.69) is 20.4 Å². The lowest BCUT2D eigenvalue weighted by Crippen LogP contribution is -2.74. The molecule has 1 N–H and O–H groups in total. The summed E-state index contributed by atoms with van der Waals surface area (Å²) in [5.74, 6) is -2.53. The smallest absolute Gasteiger partial charge is 0.336 e. The van der Waals surface area contributed by atoms with Gasteiger partial charge in [0.05, 0.1) is 23.7 Å². The van der Waals surface area contributed by atoms with Crippen molar-refractivity contribution in [1.82, 2.24) is 20.2 Å². The van der Waals surface area contributed by atoms with E-state index in [0.29, 0.717) is 10.7 Å². The summed E-state index contributed by atoms with van der Waals surface area (Å²) < 4.78 is 10.4. The van der Waals surface area contributed by atoms with E-state index in [1.807, 2.05) is 6.92 Å². The van der Waals surface area contributed by atoms with Gasteiger partial charge in [-0.15, -0.1) is 34.4 Å². The molecule has 14 nitrogen and oxygen atoms in total. The minimum absolute atomic E-state index is 0.137. The summed E-state index contributed by atoms with van der Waals surface area (Å²) in [6.07, 6.45) is 3.52. The highest BCUT2D eigenvalue weighted by molar-refractivity contribution is 8.03. The SMILES string of the molecule is CO/N=C(\C(=O)N[C@@H]1C(=O)N2C(C(=O)OCOC(=O)C(C)(C)C)C(/C=C\c3scnc3C)=CS[C@H]12)c1csc(N(C)OC)n1. The first-order valence-electron chi connectivity index (χ1n) is 13.1. The van der Waals surface area contributed by atoms with Gasteiger partial charge in [-0.25, -0.2) is 19.8 Å². The zero-order valence-electron chi connectivity index (χ0n) is 25.1. The Morgan fingerprint density at radius 1 is 1.18 bits per heavy atom. The van der Waals surface area contributed by atoms with E-state index in [1.165, 1.54) is 58.6 Å². The number of hydrogen-bond acceptors (Lipinski definition) is 15. The van der Waals surface area contributed by atoms with Crippen LogP contribution in [0.2, 0.25) is 0 Å². The van der Waals surface area contributed by atoms with E-state index in [9.17, 15) is 19.2 Å². The number of carbonyl (C=O) groups excluding carboxylic acids is 4. The van der Waals surface area contributed by atoms with Gasteiger partial charge in [-0.2, -0.15) is 0 Å². The predicted octanol–water partition coefficient (Wildman–Crippen LogP) is 2.71. The average molecular weight is 665 g/mol. The monoisotopic (exact) mass is 664 g/mol. The Bertz CT molecular complexity index is 1510. The molecule has 2 aliphatic rings. The second-order valence-corrected chi connectivity index (χ2v) is 13.2. The molecular formula is C27H32N6O8S3. The Morgan fingerprint density at radius 2 is 1.93 bits per heavy atom. The molecule has 17 heteroatoms. The van der Waals surface area contributed by atoms with Crippen molar-refractivity contribution in [3.8, 4) is 0 Å². The summed E-state index contributed by atoms with van der Waals surface area (Å²) in [7, 11) is 4.42. The number of fused-ring (bicyclic) bond motifs is 1. The van der Waals surface area contributed by atoms with Gasteiger partial charge < -0.3 is 24.5 Å². The van der Waals surface area contributed by atoms with Crippen LogP contribution >= 0.6 is 34.4 Å². The number of hydrogen-bond donors (Lipinski definition) is 1. The lowest BCUT2D eigenvalue weighted by atomic mass is 9.97. The molecule has 1 fully saturated rings. The predicted molar refractivity (Wildman–Crippen MR) is 165 cm³/mol. The van der Waals surface area contributed by atoms with Crippen molar-refractivity contribution in [3.05, 3.63) is 44.2 Å². The maximum absolute atomic E-state index is 13.5. The summed E-state index contributed by atoms with van der Waals surface area (Å²) in [6, 6.07) is -2.12. The van der Waals surface area contributed by atoms with Crippen molar-refractivity contribution in [3.63, 3.8) is 0 Å². The highest BCUT2D eigenvalue weighted by Crippen LogP contribution is 2.41. The lowest BCUT2D eigenvalue weighted by Gasteiger charge is -2.51. The fourth-order valence-corrected chi connectivity index (χ4v) is 6.62. The van der Waals surface area contributed by atoms with Crippen LogP contribution in [0.4, 0.5) is 5.13 Å². The molecule has 2 aliphatic heterocycles. The molecule has 0 saturated carbocycles. The maximum Gasteiger partial charge on any atom is 0.336 e. The first kappa shape index (κ1) is 33.1. The van der Waals surface area contributed by atoms with Crippen LogP contribution in [0, 0.1) is 12.3 Å². The number of β-lactam (4-membered cyclic amide) rings is 1. The van der Waals surface area contributed by atoms with Gasteiger partial charge in [0.2, 0.25) is 17.8 Å². The number of hydroxylamine groups is 1. The minimum Gasteiger partial charge on any atom is -0.427 e. The van der Waals surface area contributed by atoms with Crippen molar-refractivity contribution < 1.29 is 38.3 Å². The van der Waals surface area contributed by atoms with Crippen LogP contribution in [0.15, 0.2) is 33.1 Å². The van der Waals surface area contributed by atoms with Crippen LogP contribution in [-0.2, 0) is 38.3 Å². The average Bonchev–Trinajstić information content (AvgIpc) is 3.64. The second-order valence-electron chi connectivity index (χ2n) is 10.5. The molecule has 2 aromatic heterocycles. The zero-order valence-corrected chi connectivity index (χ0v) is 27.5. The fourth-order valence-electron chi connectivity index (χ4n) is 3.97. The quantitative estimate of drug-likeness (QED) is 0.123. The van der Waals surface area contributed by atoms with Crippen LogP contribution in [0.3, 0.4) is 0 Å². The molecule has 3 atom stereocenters. The van der Waals surface area contributed by atoms with Crippen LogP contribution in [-0.4, -0.2) is 89.9 Å². The first-order chi connectivity index (χ1) is 20.9. The summed E-state index contributed by atoms with van der Waals surface area (Å²) in [5.41, 5.74) is 2.32. The number of thiazole rings is 2. The molecule has 0 bridgehead atoms. The summed E-state index contributed by atoms with van der Waals surface area (Å²) >= 11 is 3.92. The van der Waals surface area contributed by atoms with E-state index >= 15 is 0 Å². The number of oxime groups is 1. The van der Waals surface area contributed by atoms with E-state index in [-0.39, 0.29) is 11.4 Å². The Balaban J connectivity index is 1.53. The molecular weight excluding hydrogens is 633 g/mol. The fraction of sp³-hybridized carbons (Fsp3) is 0.444. The molecule has 2 aromatic rings. The zero-order chi connectivity index (χ0) is 32.2. The third kappa shape index (κ3) is 7.11. The standard InChI is InChI=1S/C27H32N6O8S3/c1-14-17(44-12-28-14)9-8-15-10-42-23-19(22(35)33(23)20(15)24(36)40-13-41-25(37)27(2,3)4)30-21(34)18(31-38-6)16-11-43-26(29-16)32(5)39-7/h8-12,19-20,23H,13H2,1-7H3,(H,30,34)/b9-8-,31-18-/t19-,20?,23-/m1/s1. The minimum atomic E-state index is -1.14. The summed E-state index contributed by atoms with van der Waals surface area (Å²) in [4.78, 5) is 73.1. The number of esters is 2. The van der Waals surface area contributed by atoms with Gasteiger partial charge in [0.25, 0.3) is 5.91 Å². The second kappa shape index (κ2) is 13.9. The summed E-state index contributed by atoms with van der Waals surface area (Å²) in [6.45, 7) is 6.28. The lowest BCUT2D eigenvalue weighted by molar-refractivity contribution is -0.179. The number of nitrogens with one attached hydrogen (secondary N) is 1. The normalized spacial score (nSPS) is 20.0. The number of thioether (sulfide) groups is 1. The molecule has 1 saturated heterocycles. The first-order valence-corrected chi connectivity index (χ1v) is 15.8. The maximum atomic E-state index is 13.5. The van der Waals surface area contributed by atoms with Gasteiger partial charge in [0.1, 0.15) is 24.2 Å². The molecule has 236 valence electrons. The molecule has 0 aliphatic carbocycles. The van der Waals surface area contributed by atoms with E-state index in [1.54, 1.807) is 56.3 Å². The van der Waals surface area contributed by atoms with E-state index in [4.69, 9.17) is 19.1 Å². The number of anilines is 1. The Morgan fingerprint density at radius 3 is 2.57 bits per heavy atom. The van der Waals surface area contributed by atoms with Gasteiger partial charge in [-0.3, -0.25) is 19.2 Å². The van der Waals surface area contributed by atoms with Crippen molar-refractivity contribution in [2.45, 2.75) is 45.2 Å². The van der Waals surface area contributed by atoms with E-state index in [0.717, 1.165) is 10.6 Å². The number of ether oxygens (including phenoxy) is 2. The number of carbonyl (C=O) groups is 4. The number of aromatic nitrogens is 2. The number of rotatable bonds is 11. The number of aryl methyl sites for hydroxylation is 1. The van der Waals surface area contributed by atoms with Crippen LogP contribution in [0.1, 0.15) is 37.0 Å². The molecule has 44 heavy (non-hydrogen) atoms. The molecule has 0 radical (unpaired) electrons. The van der Waals surface area contributed by atoms with Gasteiger partial charge in [0, 0.05) is 17.3 Å². The Kier molecular flexibility index (Phi) is 10.4. The van der Waals surface area contributed by atoms with Gasteiger partial charge in [0.15, 0.2) is 11.8 Å². The van der Waals surface area contributed by atoms with Crippen LogP contribution in [0.5, 0.6) is 0 Å². The molecule has 0 spiro atoms. The largest absolute Gasteiger partial charge is 0.427 e. The van der Waals surface area contributed by atoms with Gasteiger partial charge >= 0.3 is 11.9 Å². The van der Waals surface area contributed by atoms with Crippen LogP contribution in [0.25, 0.3) is 6.08 Å². The van der Waals surface area contributed by atoms with Gasteiger partial charge in [-0.1, -0.05) is 11.2 Å². The third-order valence-corrected chi connectivity index (χ3v) is 9.40. The molecule has 0 aromatic carbocycles. The molecule has 1 unspecified atom stereocenters. The van der Waals surface area contributed by atoms with Crippen LogP contribution < -0.4 is 10.4 Å². The van der Waals surface area contributed by atoms with Gasteiger partial charge in [-0.05, 0) is 44.8 Å². The summed E-state index contributed by atoms with van der Waals surface area (Å²) in [5, 5.41) is 11.1. The molecule has 4 rings (SSSR count). The highest BCUT2D eigenvalue weighted by Gasteiger charge is 2.56. The topological polar surface area (TPSA) is 162 Å². The van der Waals surface area contributed by atoms with Crippen molar-refractivity contribution in [2.75, 3.05) is 33.1 Å². The third-order valence-electron chi connectivity index (χ3n) is 6.42. The number of amides is 2. The number of nitrogens with zero attached hydrogens (tertiary/aromatic N) is 5.